The molecule has 0 atom stereocenters. The third-order valence-electron chi connectivity index (χ3n) is 4.41. The molecule has 0 saturated heterocycles. The molecule has 6 nitrogen and oxygen atoms in total. The van der Waals surface area contributed by atoms with Crippen LogP contribution in [0.4, 0.5) is 23.8 Å². The van der Waals surface area contributed by atoms with Crippen molar-refractivity contribution in [3.8, 4) is 11.3 Å². The molecular weight excluding hydrogens is 395 g/mol. The van der Waals surface area contributed by atoms with Gasteiger partial charge in [-0.2, -0.15) is 0 Å². The predicted molar refractivity (Wildman–Crippen MR) is 96.2 cm³/mol. The van der Waals surface area contributed by atoms with Crippen LogP contribution in [0.1, 0.15) is 5.69 Å². The Morgan fingerprint density at radius 1 is 1.11 bits per heavy atom. The van der Waals surface area contributed by atoms with Crippen LogP contribution >= 0.6 is 11.6 Å². The zero-order chi connectivity index (χ0) is 19.8. The maximum Gasteiger partial charge on any atom is 0.323 e. The quantitative estimate of drug-likeness (QED) is 0.651. The number of nitrogens with zero attached hydrogens (tertiary/aromatic N) is 4. The minimum atomic E-state index is -0.728. The lowest BCUT2D eigenvalue weighted by atomic mass is 10.1. The van der Waals surface area contributed by atoms with Gasteiger partial charge >= 0.3 is 6.03 Å². The van der Waals surface area contributed by atoms with Gasteiger partial charge in [0.2, 0.25) is 0 Å². The van der Waals surface area contributed by atoms with Gasteiger partial charge in [-0.3, -0.25) is 5.32 Å². The molecule has 0 aliphatic carbocycles. The van der Waals surface area contributed by atoms with Gasteiger partial charge in [-0.25, -0.2) is 27.9 Å². The van der Waals surface area contributed by atoms with Crippen LogP contribution in [-0.2, 0) is 13.1 Å². The van der Waals surface area contributed by atoms with E-state index < -0.39 is 23.5 Å². The molecule has 0 spiro atoms. The maximum absolute atomic E-state index is 14.2. The zero-order valence-corrected chi connectivity index (χ0v) is 15.1. The molecule has 1 aromatic carbocycles. The van der Waals surface area contributed by atoms with Gasteiger partial charge in [-0.05, 0) is 24.3 Å². The SMILES string of the molecule is O=C(Nc1ccc(F)c(Cl)n1)N1CCn2cnc(-c3ccc(F)cc3F)c2C1. The lowest BCUT2D eigenvalue weighted by Gasteiger charge is -2.28. The third-order valence-corrected chi connectivity index (χ3v) is 4.67. The lowest BCUT2D eigenvalue weighted by Crippen LogP contribution is -2.40. The van der Waals surface area contributed by atoms with Gasteiger partial charge in [0.05, 0.1) is 24.3 Å². The van der Waals surface area contributed by atoms with Crippen LogP contribution in [0.25, 0.3) is 11.3 Å². The number of nitrogens with one attached hydrogen (secondary N) is 1. The summed E-state index contributed by atoms with van der Waals surface area (Å²) in [6.07, 6.45) is 1.56. The standard InChI is InChI=1S/C18H13ClF3N5O/c19-17-12(21)3-4-15(24-17)25-18(28)26-5-6-27-9-23-16(14(27)8-26)11-2-1-10(20)7-13(11)22/h1-4,7,9H,5-6,8H2,(H,24,25,28). The Balaban J connectivity index is 1.56. The van der Waals surface area contributed by atoms with E-state index >= 15 is 0 Å². The lowest BCUT2D eigenvalue weighted by molar-refractivity contribution is 0.197. The van der Waals surface area contributed by atoms with Gasteiger partial charge < -0.3 is 9.47 Å². The summed E-state index contributed by atoms with van der Waals surface area (Å²) in [4.78, 5) is 22.0. The van der Waals surface area contributed by atoms with Gasteiger partial charge in [0.15, 0.2) is 11.0 Å². The molecule has 3 heterocycles. The van der Waals surface area contributed by atoms with E-state index in [2.05, 4.69) is 15.3 Å². The summed E-state index contributed by atoms with van der Waals surface area (Å²) in [6, 6.07) is 5.20. The van der Waals surface area contributed by atoms with Crippen LogP contribution < -0.4 is 5.32 Å². The van der Waals surface area contributed by atoms with E-state index in [1.165, 1.54) is 17.0 Å². The highest BCUT2D eigenvalue weighted by Gasteiger charge is 2.26. The second kappa shape index (κ2) is 7.16. The van der Waals surface area contributed by atoms with E-state index in [0.717, 1.165) is 18.2 Å². The predicted octanol–water partition coefficient (Wildman–Crippen LogP) is 4.06. The molecule has 0 fully saturated rings. The molecule has 28 heavy (non-hydrogen) atoms. The normalized spacial score (nSPS) is 13.4. The summed E-state index contributed by atoms with van der Waals surface area (Å²) in [5.41, 5.74) is 1.12. The second-order valence-corrected chi connectivity index (χ2v) is 6.54. The number of hydrogen-bond acceptors (Lipinski definition) is 3. The molecular formula is C18H13ClF3N5O. The summed E-state index contributed by atoms with van der Waals surface area (Å²) in [5, 5.41) is 2.21. The highest BCUT2D eigenvalue weighted by atomic mass is 35.5. The van der Waals surface area contributed by atoms with Crippen molar-refractivity contribution in [1.82, 2.24) is 19.4 Å². The van der Waals surface area contributed by atoms with Crippen molar-refractivity contribution in [2.45, 2.75) is 13.1 Å². The van der Waals surface area contributed by atoms with Crippen LogP contribution in [0.5, 0.6) is 0 Å². The number of aromatic nitrogens is 3. The smallest absolute Gasteiger partial charge is 0.323 e. The van der Waals surface area contributed by atoms with E-state index in [4.69, 9.17) is 11.6 Å². The van der Waals surface area contributed by atoms with Gasteiger partial charge in [0.25, 0.3) is 0 Å². The Morgan fingerprint density at radius 2 is 1.93 bits per heavy atom. The molecule has 0 saturated carbocycles. The van der Waals surface area contributed by atoms with Gasteiger partial charge in [0, 0.05) is 24.7 Å². The number of fused-ring (bicyclic) bond motifs is 1. The Labute approximate surface area is 162 Å². The number of urea groups is 1. The first-order valence-electron chi connectivity index (χ1n) is 8.30. The number of hydrogen-bond donors (Lipinski definition) is 1. The summed E-state index contributed by atoms with van der Waals surface area (Å²) in [5.74, 6) is -1.98. The maximum atomic E-state index is 14.2. The molecule has 1 aliphatic heterocycles. The third kappa shape index (κ3) is 3.40. The monoisotopic (exact) mass is 407 g/mol. The Kier molecular flexibility index (Phi) is 4.68. The van der Waals surface area contributed by atoms with Crippen LogP contribution in [0, 0.1) is 17.5 Å². The minimum Gasteiger partial charge on any atom is -0.331 e. The van der Waals surface area contributed by atoms with Crippen LogP contribution in [0.15, 0.2) is 36.7 Å². The van der Waals surface area contributed by atoms with Crippen molar-refractivity contribution in [1.29, 1.82) is 0 Å². The largest absolute Gasteiger partial charge is 0.331 e. The fourth-order valence-electron chi connectivity index (χ4n) is 3.01. The Morgan fingerprint density at radius 3 is 2.68 bits per heavy atom. The van der Waals surface area contributed by atoms with Crippen molar-refractivity contribution in [2.24, 2.45) is 0 Å². The van der Waals surface area contributed by atoms with E-state index in [0.29, 0.717) is 24.5 Å². The topological polar surface area (TPSA) is 63.1 Å². The molecule has 4 rings (SSSR count). The van der Waals surface area contributed by atoms with Crippen molar-refractivity contribution >= 4 is 23.4 Å². The Hall–Kier alpha value is -3.07. The highest BCUT2D eigenvalue weighted by molar-refractivity contribution is 6.29. The number of imidazole rings is 1. The minimum absolute atomic E-state index is 0.111. The number of pyridine rings is 1. The van der Waals surface area contributed by atoms with Crippen LogP contribution in [0.2, 0.25) is 5.15 Å². The van der Waals surface area contributed by atoms with Crippen LogP contribution in [0.3, 0.4) is 0 Å². The average molecular weight is 408 g/mol. The fraction of sp³-hybridized carbons (Fsp3) is 0.167. The van der Waals surface area contributed by atoms with Gasteiger partial charge in [-0.15, -0.1) is 0 Å². The second-order valence-electron chi connectivity index (χ2n) is 6.18. The molecule has 3 aromatic rings. The molecule has 1 N–H and O–H groups in total. The number of carbonyl (C=O) groups excluding carboxylic acids is 1. The number of carbonyl (C=O) groups is 1. The number of halogens is 4. The van der Waals surface area contributed by atoms with Crippen molar-refractivity contribution in [3.63, 3.8) is 0 Å². The molecule has 10 heteroatoms. The molecule has 2 amide bonds. The average Bonchev–Trinajstić information content (AvgIpc) is 3.08. The van der Waals surface area contributed by atoms with E-state index in [1.54, 1.807) is 6.33 Å². The molecule has 0 radical (unpaired) electrons. The first-order chi connectivity index (χ1) is 13.4. The Bertz CT molecular complexity index is 1070. The number of anilines is 1. The van der Waals surface area contributed by atoms with Gasteiger partial charge in [-0.1, -0.05) is 11.6 Å². The van der Waals surface area contributed by atoms with Crippen molar-refractivity contribution in [3.05, 3.63) is 65.0 Å². The molecule has 0 bridgehead atoms. The molecule has 1 aliphatic rings. The van der Waals surface area contributed by atoms with E-state index in [-0.39, 0.29) is 23.1 Å². The van der Waals surface area contributed by atoms with Crippen LogP contribution in [-0.4, -0.2) is 32.0 Å². The van der Waals surface area contributed by atoms with Gasteiger partial charge in [0.1, 0.15) is 17.5 Å². The fourth-order valence-corrected chi connectivity index (χ4v) is 3.16. The zero-order valence-electron chi connectivity index (χ0n) is 14.3. The summed E-state index contributed by atoms with van der Waals surface area (Å²) < 4.78 is 42.4. The highest BCUT2D eigenvalue weighted by Crippen LogP contribution is 2.28. The molecule has 0 unspecified atom stereocenters. The summed E-state index contributed by atoms with van der Waals surface area (Å²) in [7, 11) is 0. The summed E-state index contributed by atoms with van der Waals surface area (Å²) >= 11 is 5.63. The number of amides is 2. The first-order valence-corrected chi connectivity index (χ1v) is 8.67. The van der Waals surface area contributed by atoms with E-state index in [1.807, 2.05) is 4.57 Å². The van der Waals surface area contributed by atoms with Crippen molar-refractivity contribution in [2.75, 3.05) is 11.9 Å². The number of rotatable bonds is 2. The van der Waals surface area contributed by atoms with Crippen molar-refractivity contribution < 1.29 is 18.0 Å². The summed E-state index contributed by atoms with van der Waals surface area (Å²) in [6.45, 7) is 0.999. The first kappa shape index (κ1) is 18.3. The molecule has 2 aromatic heterocycles. The molecule has 144 valence electrons. The number of benzene rings is 1. The van der Waals surface area contributed by atoms with E-state index in [9.17, 15) is 18.0 Å².